The van der Waals surface area contributed by atoms with Crippen LogP contribution in [0.25, 0.3) is 0 Å². The van der Waals surface area contributed by atoms with Gasteiger partial charge in [0.1, 0.15) is 5.75 Å². The molecule has 3 nitrogen and oxygen atoms in total. The van der Waals surface area contributed by atoms with Crippen LogP contribution in [-0.4, -0.2) is 16.4 Å². The van der Waals surface area contributed by atoms with E-state index in [-0.39, 0.29) is 0 Å². The van der Waals surface area contributed by atoms with Crippen LogP contribution in [0.3, 0.4) is 0 Å². The first-order chi connectivity index (χ1) is 8.66. The monoisotopic (exact) mass is 244 g/mol. The number of nitrogens with zero attached hydrogens (tertiary/aromatic N) is 2. The number of hydrogen-bond acceptors (Lipinski definition) is 2. The van der Waals surface area contributed by atoms with Crippen LogP contribution in [0.1, 0.15) is 30.9 Å². The molecule has 0 aliphatic heterocycles. The van der Waals surface area contributed by atoms with Gasteiger partial charge in [-0.3, -0.25) is 4.68 Å². The summed E-state index contributed by atoms with van der Waals surface area (Å²) in [6.45, 7) is 5.06. The molecule has 2 rings (SSSR count). The van der Waals surface area contributed by atoms with Crippen LogP contribution >= 0.6 is 0 Å². The first kappa shape index (κ1) is 12.7. The van der Waals surface area contributed by atoms with Gasteiger partial charge in [-0.1, -0.05) is 32.0 Å². The summed E-state index contributed by atoms with van der Waals surface area (Å²) in [5.74, 6) is 1.48. The van der Waals surface area contributed by atoms with E-state index in [1.165, 1.54) is 11.1 Å². The molecular weight excluding hydrogens is 224 g/mol. The molecule has 1 aromatic heterocycles. The molecule has 0 aliphatic rings. The smallest absolute Gasteiger partial charge is 0.122 e. The van der Waals surface area contributed by atoms with Crippen molar-refractivity contribution in [3.63, 3.8) is 0 Å². The van der Waals surface area contributed by atoms with E-state index in [9.17, 15) is 0 Å². The number of aryl methyl sites for hydroxylation is 1. The van der Waals surface area contributed by atoms with Gasteiger partial charge >= 0.3 is 0 Å². The van der Waals surface area contributed by atoms with Crippen molar-refractivity contribution < 1.29 is 4.74 Å². The Labute approximate surface area is 108 Å². The van der Waals surface area contributed by atoms with E-state index in [1.807, 2.05) is 36.3 Å². The Balaban J connectivity index is 1.94. The third-order valence-corrected chi connectivity index (χ3v) is 2.95. The van der Waals surface area contributed by atoms with E-state index in [2.05, 4.69) is 31.1 Å². The summed E-state index contributed by atoms with van der Waals surface area (Å²) in [5, 5.41) is 4.15. The van der Waals surface area contributed by atoms with E-state index in [4.69, 9.17) is 4.74 Å². The lowest BCUT2D eigenvalue weighted by Crippen LogP contribution is -2.03. The van der Waals surface area contributed by atoms with Crippen LogP contribution in [0, 0.1) is 0 Å². The van der Waals surface area contributed by atoms with Gasteiger partial charge < -0.3 is 4.74 Å². The molecule has 2 aromatic rings. The molecule has 96 valence electrons. The van der Waals surface area contributed by atoms with Gasteiger partial charge in [0.2, 0.25) is 0 Å². The molecule has 1 heterocycles. The first-order valence-electron chi connectivity index (χ1n) is 6.36. The Morgan fingerprint density at radius 3 is 2.72 bits per heavy atom. The maximum absolute atomic E-state index is 5.87. The fraction of sp³-hybridized carbons (Fsp3) is 0.400. The van der Waals surface area contributed by atoms with Crippen molar-refractivity contribution in [2.45, 2.75) is 26.2 Å². The van der Waals surface area contributed by atoms with E-state index < -0.39 is 0 Å². The van der Waals surface area contributed by atoms with Gasteiger partial charge in [0.25, 0.3) is 0 Å². The molecule has 0 bridgehead atoms. The lowest BCUT2D eigenvalue weighted by molar-refractivity contribution is 0.317. The highest BCUT2D eigenvalue weighted by molar-refractivity contribution is 5.35. The molecule has 0 fully saturated rings. The topological polar surface area (TPSA) is 27.1 Å². The van der Waals surface area contributed by atoms with Crippen molar-refractivity contribution in [2.75, 3.05) is 6.61 Å². The normalized spacial score (nSPS) is 10.9. The standard InChI is InChI=1S/C15H20N2O/c1-12(2)14-6-4-5-7-15(14)18-9-8-13-10-16-17(3)11-13/h4-7,10-12H,8-9H2,1-3H3. The lowest BCUT2D eigenvalue weighted by atomic mass is 10.0. The molecule has 0 spiro atoms. The van der Waals surface area contributed by atoms with Gasteiger partial charge in [-0.25, -0.2) is 0 Å². The molecule has 1 aromatic carbocycles. The van der Waals surface area contributed by atoms with Gasteiger partial charge in [0.05, 0.1) is 12.8 Å². The van der Waals surface area contributed by atoms with Gasteiger partial charge in [-0.15, -0.1) is 0 Å². The second-order valence-electron chi connectivity index (χ2n) is 4.81. The van der Waals surface area contributed by atoms with E-state index in [1.54, 1.807) is 0 Å². The van der Waals surface area contributed by atoms with Crippen molar-refractivity contribution in [3.05, 3.63) is 47.8 Å². The molecule has 0 saturated heterocycles. The summed E-state index contributed by atoms with van der Waals surface area (Å²) in [7, 11) is 1.93. The number of aromatic nitrogens is 2. The number of hydrogen-bond donors (Lipinski definition) is 0. The van der Waals surface area contributed by atoms with Crippen LogP contribution in [0.5, 0.6) is 5.75 Å². The van der Waals surface area contributed by atoms with Crippen LogP contribution in [-0.2, 0) is 13.5 Å². The average Bonchev–Trinajstić information content (AvgIpc) is 2.75. The number of benzene rings is 1. The molecule has 0 atom stereocenters. The van der Waals surface area contributed by atoms with Crippen LogP contribution in [0.15, 0.2) is 36.7 Å². The zero-order valence-electron chi connectivity index (χ0n) is 11.3. The second kappa shape index (κ2) is 5.71. The molecule has 0 N–H and O–H groups in total. The summed E-state index contributed by atoms with van der Waals surface area (Å²) in [6, 6.07) is 8.25. The molecule has 3 heteroatoms. The highest BCUT2D eigenvalue weighted by Crippen LogP contribution is 2.25. The predicted molar refractivity (Wildman–Crippen MR) is 72.9 cm³/mol. The fourth-order valence-electron chi connectivity index (χ4n) is 1.97. The summed E-state index contributed by atoms with van der Waals surface area (Å²) < 4.78 is 7.69. The Bertz CT molecular complexity index is 503. The maximum atomic E-state index is 5.87. The van der Waals surface area contributed by atoms with Crippen LogP contribution in [0.4, 0.5) is 0 Å². The molecule has 0 unspecified atom stereocenters. The zero-order chi connectivity index (χ0) is 13.0. The summed E-state index contributed by atoms with van der Waals surface area (Å²) >= 11 is 0. The molecule has 0 amide bonds. The van der Waals surface area contributed by atoms with Crippen molar-refractivity contribution in [1.82, 2.24) is 9.78 Å². The van der Waals surface area contributed by atoms with Gasteiger partial charge in [-0.2, -0.15) is 5.10 Å². The third-order valence-electron chi connectivity index (χ3n) is 2.95. The number of ether oxygens (including phenoxy) is 1. The third kappa shape index (κ3) is 3.13. The van der Waals surface area contributed by atoms with Crippen molar-refractivity contribution in [2.24, 2.45) is 7.05 Å². The Kier molecular flexibility index (Phi) is 4.03. The van der Waals surface area contributed by atoms with Crippen molar-refractivity contribution >= 4 is 0 Å². The highest BCUT2D eigenvalue weighted by atomic mass is 16.5. The van der Waals surface area contributed by atoms with Crippen LogP contribution in [0.2, 0.25) is 0 Å². The van der Waals surface area contributed by atoms with Crippen molar-refractivity contribution in [1.29, 1.82) is 0 Å². The minimum Gasteiger partial charge on any atom is -0.493 e. The maximum Gasteiger partial charge on any atom is 0.122 e. The average molecular weight is 244 g/mol. The SMILES string of the molecule is CC(C)c1ccccc1OCCc1cnn(C)c1. The Hall–Kier alpha value is -1.77. The quantitative estimate of drug-likeness (QED) is 0.807. The number of rotatable bonds is 5. The largest absolute Gasteiger partial charge is 0.493 e. The summed E-state index contributed by atoms with van der Waals surface area (Å²) in [6.07, 6.45) is 4.80. The zero-order valence-corrected chi connectivity index (χ0v) is 11.3. The van der Waals surface area contributed by atoms with E-state index >= 15 is 0 Å². The highest BCUT2D eigenvalue weighted by Gasteiger charge is 2.06. The molecule has 18 heavy (non-hydrogen) atoms. The molecular formula is C15H20N2O. The summed E-state index contributed by atoms with van der Waals surface area (Å²) in [4.78, 5) is 0. The van der Waals surface area contributed by atoms with Crippen molar-refractivity contribution in [3.8, 4) is 5.75 Å². The summed E-state index contributed by atoms with van der Waals surface area (Å²) in [5.41, 5.74) is 2.48. The second-order valence-corrected chi connectivity index (χ2v) is 4.81. The van der Waals surface area contributed by atoms with E-state index in [0.29, 0.717) is 12.5 Å². The first-order valence-corrected chi connectivity index (χ1v) is 6.36. The Morgan fingerprint density at radius 2 is 2.06 bits per heavy atom. The van der Waals surface area contributed by atoms with E-state index in [0.717, 1.165) is 12.2 Å². The molecule has 0 radical (unpaired) electrons. The predicted octanol–water partition coefficient (Wildman–Crippen LogP) is 3.17. The van der Waals surface area contributed by atoms with Gasteiger partial charge in [-0.05, 0) is 23.1 Å². The molecule has 0 aliphatic carbocycles. The lowest BCUT2D eigenvalue weighted by Gasteiger charge is -2.13. The van der Waals surface area contributed by atoms with Crippen LogP contribution < -0.4 is 4.74 Å². The Morgan fingerprint density at radius 1 is 1.28 bits per heavy atom. The number of para-hydroxylation sites is 1. The minimum absolute atomic E-state index is 0.486. The van der Waals surface area contributed by atoms with Gasteiger partial charge in [0.15, 0.2) is 0 Å². The van der Waals surface area contributed by atoms with Gasteiger partial charge in [0, 0.05) is 19.7 Å². The fourth-order valence-corrected chi connectivity index (χ4v) is 1.97. The molecule has 0 saturated carbocycles. The minimum atomic E-state index is 0.486.